The first kappa shape index (κ1) is 25.9. The molecule has 1 aliphatic heterocycles. The van der Waals surface area contributed by atoms with Gasteiger partial charge < -0.3 is 19.9 Å². The normalized spacial score (nSPS) is 22.3. The number of hydrogen-bond acceptors (Lipinski definition) is 9. The second kappa shape index (κ2) is 10.9. The summed E-state index contributed by atoms with van der Waals surface area (Å²) in [6.45, 7) is 1.56. The van der Waals surface area contributed by atoms with Crippen molar-refractivity contribution in [2.24, 2.45) is 5.92 Å². The number of esters is 2. The summed E-state index contributed by atoms with van der Waals surface area (Å²) in [6, 6.07) is 24.1. The first-order valence-electron chi connectivity index (χ1n) is 12.5. The number of nitrogen functional groups attached to an aromatic ring is 1. The molecule has 39 heavy (non-hydrogen) atoms. The van der Waals surface area contributed by atoms with Crippen LogP contribution in [0.25, 0.3) is 5.52 Å². The number of ether oxygens (including phenoxy) is 3. The fourth-order valence-electron chi connectivity index (χ4n) is 4.93. The Morgan fingerprint density at radius 1 is 1.03 bits per heavy atom. The molecule has 2 aromatic heterocycles. The van der Waals surface area contributed by atoms with Crippen molar-refractivity contribution in [3.8, 4) is 6.07 Å². The van der Waals surface area contributed by atoms with Gasteiger partial charge in [-0.05, 0) is 23.3 Å². The van der Waals surface area contributed by atoms with E-state index >= 15 is 0 Å². The monoisotopic (exact) mass is 525 g/mol. The minimum atomic E-state index is -1.57. The molecule has 0 unspecified atom stereocenters. The van der Waals surface area contributed by atoms with E-state index in [4.69, 9.17) is 19.9 Å². The molecule has 0 radical (unpaired) electrons. The zero-order chi connectivity index (χ0) is 27.4. The highest BCUT2D eigenvalue weighted by atomic mass is 16.6. The molecule has 0 amide bonds. The second-order valence-electron chi connectivity index (χ2n) is 9.42. The minimum Gasteiger partial charge on any atom is -0.463 e. The van der Waals surface area contributed by atoms with Crippen molar-refractivity contribution in [3.05, 3.63) is 95.9 Å². The Kier molecular flexibility index (Phi) is 7.25. The van der Waals surface area contributed by atoms with E-state index in [1.807, 2.05) is 60.7 Å². The van der Waals surface area contributed by atoms with Crippen LogP contribution in [0.5, 0.6) is 0 Å². The number of aromatic nitrogens is 3. The Bertz CT molecular complexity index is 1520. The van der Waals surface area contributed by atoms with Gasteiger partial charge in [0, 0.05) is 5.92 Å². The highest BCUT2D eigenvalue weighted by Gasteiger charge is 2.58. The van der Waals surface area contributed by atoms with Gasteiger partial charge in [0.25, 0.3) is 0 Å². The molecule has 4 aromatic rings. The summed E-state index contributed by atoms with van der Waals surface area (Å²) in [6.07, 6.45) is -0.373. The lowest BCUT2D eigenvalue weighted by Gasteiger charge is -2.26. The third-order valence-corrected chi connectivity index (χ3v) is 6.92. The summed E-state index contributed by atoms with van der Waals surface area (Å²) in [4.78, 5) is 29.6. The van der Waals surface area contributed by atoms with Gasteiger partial charge in [-0.1, -0.05) is 67.6 Å². The number of nitrogens with zero attached hydrogens (tertiary/aromatic N) is 4. The van der Waals surface area contributed by atoms with Gasteiger partial charge in [-0.25, -0.2) is 9.50 Å². The van der Waals surface area contributed by atoms with Crippen LogP contribution < -0.4 is 5.73 Å². The van der Waals surface area contributed by atoms with Gasteiger partial charge in [-0.3, -0.25) is 9.59 Å². The van der Waals surface area contributed by atoms with Crippen molar-refractivity contribution in [2.45, 2.75) is 37.6 Å². The fraction of sp³-hybridized carbons (Fsp3) is 0.276. The van der Waals surface area contributed by atoms with Crippen molar-refractivity contribution < 1.29 is 23.8 Å². The summed E-state index contributed by atoms with van der Waals surface area (Å²) in [7, 11) is 0. The minimum absolute atomic E-state index is 0.0436. The van der Waals surface area contributed by atoms with Crippen molar-refractivity contribution in [3.63, 3.8) is 0 Å². The van der Waals surface area contributed by atoms with Crippen LogP contribution in [0.15, 0.2) is 79.1 Å². The van der Waals surface area contributed by atoms with Gasteiger partial charge in [0.15, 0.2) is 5.82 Å². The molecule has 10 heteroatoms. The summed E-state index contributed by atoms with van der Waals surface area (Å²) in [5, 5.41) is 14.7. The van der Waals surface area contributed by atoms with Crippen LogP contribution in [0.1, 0.15) is 23.7 Å². The van der Waals surface area contributed by atoms with E-state index in [1.54, 1.807) is 19.1 Å². The van der Waals surface area contributed by atoms with Crippen LogP contribution in [0.4, 0.5) is 5.82 Å². The number of hydrogen-bond donors (Lipinski definition) is 1. The molecule has 0 spiro atoms. The van der Waals surface area contributed by atoms with Crippen LogP contribution in [0.2, 0.25) is 0 Å². The molecular weight excluding hydrogens is 498 g/mol. The lowest BCUT2D eigenvalue weighted by Crippen LogP contribution is -2.37. The van der Waals surface area contributed by atoms with Gasteiger partial charge in [-0.15, -0.1) is 0 Å². The molecule has 3 heterocycles. The number of nitriles is 1. The molecule has 2 aromatic carbocycles. The van der Waals surface area contributed by atoms with Crippen molar-refractivity contribution in [2.75, 3.05) is 12.3 Å². The Labute approximate surface area is 224 Å². The zero-order valence-electron chi connectivity index (χ0n) is 21.3. The van der Waals surface area contributed by atoms with Crippen molar-refractivity contribution >= 4 is 23.3 Å². The molecule has 0 bridgehead atoms. The maximum absolute atomic E-state index is 13.0. The predicted molar refractivity (Wildman–Crippen MR) is 140 cm³/mol. The van der Waals surface area contributed by atoms with Gasteiger partial charge >= 0.3 is 11.9 Å². The molecule has 4 atom stereocenters. The maximum atomic E-state index is 13.0. The molecule has 1 aliphatic rings. The molecule has 198 valence electrons. The lowest BCUT2D eigenvalue weighted by atomic mass is 9.84. The smallest absolute Gasteiger partial charge is 0.310 e. The summed E-state index contributed by atoms with van der Waals surface area (Å²) in [5.74, 6) is -1.35. The Morgan fingerprint density at radius 2 is 1.67 bits per heavy atom. The average molecular weight is 526 g/mol. The number of fused-ring (bicyclic) bond motifs is 1. The highest BCUT2D eigenvalue weighted by molar-refractivity contribution is 5.73. The fourth-order valence-corrected chi connectivity index (χ4v) is 4.93. The van der Waals surface area contributed by atoms with Gasteiger partial charge in [-0.2, -0.15) is 10.4 Å². The third-order valence-electron chi connectivity index (χ3n) is 6.92. The van der Waals surface area contributed by atoms with Gasteiger partial charge in [0.05, 0.1) is 18.5 Å². The van der Waals surface area contributed by atoms with Crippen LogP contribution >= 0.6 is 0 Å². The largest absolute Gasteiger partial charge is 0.463 e. The zero-order valence-corrected chi connectivity index (χ0v) is 21.3. The van der Waals surface area contributed by atoms with E-state index in [-0.39, 0.29) is 25.3 Å². The SMILES string of the molecule is C[C@@H]1[C@H](OC(=O)Cc2ccccc2)[C@@H](COC(=O)Cc2ccccc2)O[C@@]1(C#N)c1ccc2c(N)ncnn12. The first-order chi connectivity index (χ1) is 18.9. The molecule has 2 N–H and O–H groups in total. The number of benzene rings is 2. The van der Waals surface area contributed by atoms with E-state index < -0.39 is 35.7 Å². The van der Waals surface area contributed by atoms with Crippen LogP contribution in [-0.2, 0) is 42.2 Å². The van der Waals surface area contributed by atoms with Crippen LogP contribution in [-0.4, -0.2) is 45.4 Å². The summed E-state index contributed by atoms with van der Waals surface area (Å²) >= 11 is 0. The van der Waals surface area contributed by atoms with E-state index in [2.05, 4.69) is 16.2 Å². The predicted octanol–water partition coefficient (Wildman–Crippen LogP) is 3.01. The van der Waals surface area contributed by atoms with E-state index in [0.29, 0.717) is 11.2 Å². The Morgan fingerprint density at radius 3 is 2.31 bits per heavy atom. The quantitative estimate of drug-likeness (QED) is 0.344. The van der Waals surface area contributed by atoms with Crippen LogP contribution in [0.3, 0.4) is 0 Å². The Hall–Kier alpha value is -4.75. The molecule has 10 nitrogen and oxygen atoms in total. The topological polar surface area (TPSA) is 142 Å². The van der Waals surface area contributed by atoms with E-state index in [0.717, 1.165) is 11.1 Å². The second-order valence-corrected chi connectivity index (χ2v) is 9.42. The van der Waals surface area contributed by atoms with E-state index in [1.165, 1.54) is 10.8 Å². The average Bonchev–Trinajstić information content (AvgIpc) is 3.49. The van der Waals surface area contributed by atoms with Crippen molar-refractivity contribution in [1.82, 2.24) is 14.6 Å². The summed E-state index contributed by atoms with van der Waals surface area (Å²) in [5.41, 5.74) is 6.94. The van der Waals surface area contributed by atoms with Crippen LogP contribution in [0, 0.1) is 17.2 Å². The third kappa shape index (κ3) is 5.17. The van der Waals surface area contributed by atoms with Crippen molar-refractivity contribution in [1.29, 1.82) is 5.26 Å². The molecule has 5 rings (SSSR count). The highest BCUT2D eigenvalue weighted by Crippen LogP contribution is 2.45. The number of nitrogens with two attached hydrogens (primary N) is 1. The number of anilines is 1. The van der Waals surface area contributed by atoms with E-state index in [9.17, 15) is 14.9 Å². The lowest BCUT2D eigenvalue weighted by molar-refractivity contribution is -0.158. The summed E-state index contributed by atoms with van der Waals surface area (Å²) < 4.78 is 19.3. The molecule has 1 fully saturated rings. The van der Waals surface area contributed by atoms with Gasteiger partial charge in [0.1, 0.15) is 36.7 Å². The number of carbonyl (C=O) groups excluding carboxylic acids is 2. The number of rotatable bonds is 8. The Balaban J connectivity index is 1.41. The molecular formula is C29H27N5O5. The molecule has 1 saturated heterocycles. The number of carbonyl (C=O) groups is 2. The molecule has 0 saturated carbocycles. The molecule has 0 aliphatic carbocycles. The van der Waals surface area contributed by atoms with Gasteiger partial charge in [0.2, 0.25) is 5.60 Å². The maximum Gasteiger partial charge on any atom is 0.310 e. The standard InChI is InChI=1S/C29H27N5O5/c1-19-27(38-26(36)15-21-10-6-3-7-11-21)23(16-37-25(35)14-20-8-4-2-5-9-20)39-29(19,17-30)24-13-12-22-28(31)32-18-33-34(22)24/h2-13,18-19,23,27H,14-16H2,1H3,(H2,31,32,33)/t19-,23-,27+,29-/m1/s1. The first-order valence-corrected chi connectivity index (χ1v) is 12.5.